The summed E-state index contributed by atoms with van der Waals surface area (Å²) in [6.45, 7) is 5.11. The summed E-state index contributed by atoms with van der Waals surface area (Å²) in [5.41, 5.74) is 4.09. The van der Waals surface area contributed by atoms with Crippen LogP contribution in [-0.2, 0) is 22.4 Å². The quantitative estimate of drug-likeness (QED) is 0.834. The van der Waals surface area contributed by atoms with Gasteiger partial charge in [-0.15, -0.1) is 0 Å². The van der Waals surface area contributed by atoms with E-state index in [4.69, 9.17) is 0 Å². The Kier molecular flexibility index (Phi) is 5.84. The van der Waals surface area contributed by atoms with Crippen molar-refractivity contribution in [3.8, 4) is 0 Å². The zero-order valence-electron chi connectivity index (χ0n) is 14.9. The number of nitrogens with one attached hydrogen (secondary N) is 1. The highest BCUT2D eigenvalue weighted by Crippen LogP contribution is 2.22. The minimum absolute atomic E-state index is 0.00221. The Bertz CT molecular complexity index is 796. The maximum absolute atomic E-state index is 12.2. The summed E-state index contributed by atoms with van der Waals surface area (Å²) in [6, 6.07) is 15.9. The van der Waals surface area contributed by atoms with Crippen LogP contribution in [-0.4, -0.2) is 24.9 Å². The maximum atomic E-state index is 12.2. The molecule has 0 saturated carbocycles. The molecule has 1 aliphatic heterocycles. The van der Waals surface area contributed by atoms with E-state index in [1.807, 2.05) is 42.5 Å². The lowest BCUT2D eigenvalue weighted by Crippen LogP contribution is -2.27. The third kappa shape index (κ3) is 4.60. The Morgan fingerprint density at radius 1 is 1.15 bits per heavy atom. The van der Waals surface area contributed by atoms with Crippen molar-refractivity contribution in [3.05, 3.63) is 71.8 Å². The Labute approximate surface area is 154 Å². The van der Waals surface area contributed by atoms with Gasteiger partial charge in [0, 0.05) is 25.2 Å². The summed E-state index contributed by atoms with van der Waals surface area (Å²) in [7, 11) is 0. The standard InChI is InChI=1S/C22H24N2O2/c1-2-17-8-10-18(11-9-17)12-13-23-21(25)16-19-5-3-6-20(15-19)24-14-4-7-22(24)26/h2-3,5-6,8-11,15H,1,4,7,12-14,16H2,(H,23,25). The van der Waals surface area contributed by atoms with Crippen molar-refractivity contribution in [2.24, 2.45) is 0 Å². The maximum Gasteiger partial charge on any atom is 0.227 e. The summed E-state index contributed by atoms with van der Waals surface area (Å²) in [4.78, 5) is 25.9. The fourth-order valence-corrected chi connectivity index (χ4v) is 3.17. The number of benzene rings is 2. The van der Waals surface area contributed by atoms with Gasteiger partial charge >= 0.3 is 0 Å². The van der Waals surface area contributed by atoms with E-state index in [-0.39, 0.29) is 11.8 Å². The third-order valence-corrected chi connectivity index (χ3v) is 4.61. The van der Waals surface area contributed by atoms with Crippen LogP contribution in [0, 0.1) is 0 Å². The number of anilines is 1. The average molecular weight is 348 g/mol. The second-order valence-corrected chi connectivity index (χ2v) is 6.54. The first kappa shape index (κ1) is 17.9. The Balaban J connectivity index is 1.50. The van der Waals surface area contributed by atoms with Gasteiger partial charge in [0.2, 0.25) is 11.8 Å². The Hall–Kier alpha value is -2.88. The number of rotatable bonds is 7. The molecule has 0 unspecified atom stereocenters. The molecule has 4 nitrogen and oxygen atoms in total. The lowest BCUT2D eigenvalue weighted by molar-refractivity contribution is -0.120. The number of hydrogen-bond acceptors (Lipinski definition) is 2. The monoisotopic (exact) mass is 348 g/mol. The summed E-state index contributed by atoms with van der Waals surface area (Å²) < 4.78 is 0. The lowest BCUT2D eigenvalue weighted by atomic mass is 10.1. The van der Waals surface area contributed by atoms with Crippen molar-refractivity contribution in [3.63, 3.8) is 0 Å². The number of nitrogens with zero attached hydrogens (tertiary/aromatic N) is 1. The van der Waals surface area contributed by atoms with Crippen LogP contribution in [0.4, 0.5) is 5.69 Å². The van der Waals surface area contributed by atoms with Crippen LogP contribution in [0.1, 0.15) is 29.5 Å². The largest absolute Gasteiger partial charge is 0.355 e. The van der Waals surface area contributed by atoms with Crippen LogP contribution in [0.5, 0.6) is 0 Å². The highest BCUT2D eigenvalue weighted by Gasteiger charge is 2.21. The van der Waals surface area contributed by atoms with Gasteiger partial charge < -0.3 is 10.2 Å². The van der Waals surface area contributed by atoms with Gasteiger partial charge in [0.1, 0.15) is 0 Å². The number of amides is 2. The van der Waals surface area contributed by atoms with Crippen LogP contribution in [0.15, 0.2) is 55.1 Å². The first-order valence-electron chi connectivity index (χ1n) is 9.03. The Morgan fingerprint density at radius 3 is 2.65 bits per heavy atom. The molecule has 2 amide bonds. The molecule has 0 spiro atoms. The molecule has 1 aliphatic rings. The van der Waals surface area contributed by atoms with Gasteiger partial charge in [0.05, 0.1) is 6.42 Å². The molecule has 2 aromatic rings. The van der Waals surface area contributed by atoms with E-state index in [0.717, 1.165) is 36.2 Å². The predicted octanol–water partition coefficient (Wildman–Crippen LogP) is 3.36. The third-order valence-electron chi connectivity index (χ3n) is 4.61. The molecule has 0 radical (unpaired) electrons. The first-order chi connectivity index (χ1) is 12.7. The van der Waals surface area contributed by atoms with Crippen LogP contribution >= 0.6 is 0 Å². The zero-order valence-corrected chi connectivity index (χ0v) is 14.9. The molecule has 1 saturated heterocycles. The molecule has 26 heavy (non-hydrogen) atoms. The molecule has 2 aromatic carbocycles. The molecule has 0 bridgehead atoms. The van der Waals surface area contributed by atoms with Crippen molar-refractivity contribution < 1.29 is 9.59 Å². The van der Waals surface area contributed by atoms with Crippen molar-refractivity contribution in [2.45, 2.75) is 25.7 Å². The summed E-state index contributed by atoms with van der Waals surface area (Å²) in [5.74, 6) is 0.159. The second-order valence-electron chi connectivity index (χ2n) is 6.54. The highest BCUT2D eigenvalue weighted by atomic mass is 16.2. The fourth-order valence-electron chi connectivity index (χ4n) is 3.17. The van der Waals surface area contributed by atoms with E-state index in [1.165, 1.54) is 5.56 Å². The van der Waals surface area contributed by atoms with Crippen molar-refractivity contribution in [1.82, 2.24) is 5.32 Å². The number of carbonyl (C=O) groups excluding carboxylic acids is 2. The normalized spacial score (nSPS) is 13.7. The van der Waals surface area contributed by atoms with Gasteiger partial charge in [-0.3, -0.25) is 9.59 Å². The van der Waals surface area contributed by atoms with E-state index in [1.54, 1.807) is 4.90 Å². The molecule has 134 valence electrons. The van der Waals surface area contributed by atoms with Gasteiger partial charge in [-0.25, -0.2) is 0 Å². The SMILES string of the molecule is C=Cc1ccc(CCNC(=O)Cc2cccc(N3CCCC3=O)c2)cc1. The van der Waals surface area contributed by atoms with E-state index < -0.39 is 0 Å². The smallest absolute Gasteiger partial charge is 0.227 e. The minimum atomic E-state index is -0.00221. The first-order valence-corrected chi connectivity index (χ1v) is 9.03. The van der Waals surface area contributed by atoms with Crippen molar-refractivity contribution in [1.29, 1.82) is 0 Å². The molecule has 1 fully saturated rings. The lowest BCUT2D eigenvalue weighted by Gasteiger charge is -2.16. The molecule has 1 N–H and O–H groups in total. The molecule has 3 rings (SSSR count). The Morgan fingerprint density at radius 2 is 1.96 bits per heavy atom. The second kappa shape index (κ2) is 8.48. The number of hydrogen-bond donors (Lipinski definition) is 1. The average Bonchev–Trinajstić information content (AvgIpc) is 3.08. The van der Waals surface area contributed by atoms with E-state index in [0.29, 0.717) is 19.4 Å². The van der Waals surface area contributed by atoms with E-state index in [2.05, 4.69) is 24.0 Å². The van der Waals surface area contributed by atoms with Crippen LogP contribution in [0.2, 0.25) is 0 Å². The van der Waals surface area contributed by atoms with E-state index in [9.17, 15) is 9.59 Å². The fraction of sp³-hybridized carbons (Fsp3) is 0.273. The molecule has 1 heterocycles. The van der Waals surface area contributed by atoms with Gasteiger partial charge in [0.15, 0.2) is 0 Å². The van der Waals surface area contributed by atoms with Crippen LogP contribution in [0.3, 0.4) is 0 Å². The van der Waals surface area contributed by atoms with Gasteiger partial charge in [-0.05, 0) is 41.7 Å². The molecule has 4 heteroatoms. The van der Waals surface area contributed by atoms with Crippen LogP contribution in [0.25, 0.3) is 6.08 Å². The molecule has 0 aromatic heterocycles. The summed E-state index contributed by atoms with van der Waals surface area (Å²) >= 11 is 0. The minimum Gasteiger partial charge on any atom is -0.355 e. The van der Waals surface area contributed by atoms with Gasteiger partial charge in [-0.1, -0.05) is 49.1 Å². The zero-order chi connectivity index (χ0) is 18.4. The highest BCUT2D eigenvalue weighted by molar-refractivity contribution is 5.95. The van der Waals surface area contributed by atoms with Gasteiger partial charge in [0.25, 0.3) is 0 Å². The van der Waals surface area contributed by atoms with Crippen LogP contribution < -0.4 is 10.2 Å². The molecule has 0 atom stereocenters. The van der Waals surface area contributed by atoms with Crippen molar-refractivity contribution in [2.75, 3.05) is 18.0 Å². The molecule has 0 aliphatic carbocycles. The topological polar surface area (TPSA) is 49.4 Å². The van der Waals surface area contributed by atoms with Crippen molar-refractivity contribution >= 4 is 23.6 Å². The van der Waals surface area contributed by atoms with E-state index >= 15 is 0 Å². The molecular formula is C22H24N2O2. The van der Waals surface area contributed by atoms with Gasteiger partial charge in [-0.2, -0.15) is 0 Å². The summed E-state index contributed by atoms with van der Waals surface area (Å²) in [6.07, 6.45) is 4.45. The molecular weight excluding hydrogens is 324 g/mol. The summed E-state index contributed by atoms with van der Waals surface area (Å²) in [5, 5.41) is 2.97. The predicted molar refractivity (Wildman–Crippen MR) is 105 cm³/mol. The number of carbonyl (C=O) groups is 2.